The number of hydrogen-bond donors (Lipinski definition) is 1. The molecule has 0 fully saturated rings. The number of aryl methyl sites for hydroxylation is 2. The summed E-state index contributed by atoms with van der Waals surface area (Å²) in [6.45, 7) is 4.63. The third-order valence-corrected chi connectivity index (χ3v) is 5.50. The Morgan fingerprint density at radius 2 is 1.76 bits per heavy atom. The minimum absolute atomic E-state index is 0.579. The van der Waals surface area contributed by atoms with Crippen LogP contribution in [0.5, 0.6) is 0 Å². The van der Waals surface area contributed by atoms with Crippen LogP contribution in [-0.4, -0.2) is 24.3 Å². The molecule has 0 radical (unpaired) electrons. The number of benzene rings is 1. The molecule has 5 aromatic rings. The van der Waals surface area contributed by atoms with Gasteiger partial charge in [0.05, 0.1) is 29.2 Å². The van der Waals surface area contributed by atoms with E-state index in [1.165, 1.54) is 0 Å². The van der Waals surface area contributed by atoms with E-state index in [1.54, 1.807) is 18.3 Å². The molecule has 1 aromatic carbocycles. The molecule has 0 saturated heterocycles. The molecule has 0 aliphatic carbocycles. The highest BCUT2D eigenvalue weighted by Crippen LogP contribution is 2.25. The second-order valence-electron chi connectivity index (χ2n) is 7.85. The summed E-state index contributed by atoms with van der Waals surface area (Å²) in [7, 11) is 0. The summed E-state index contributed by atoms with van der Waals surface area (Å²) in [5.74, 6) is 0.698. The van der Waals surface area contributed by atoms with Crippen molar-refractivity contribution < 1.29 is 0 Å². The SMILES string of the molecule is Cc1cc(-c2ncc(CNc3nccn4c(-c5ccc(C#N)cc5)cnc34)cc2C)ccn1. The van der Waals surface area contributed by atoms with Crippen molar-refractivity contribution in [2.75, 3.05) is 5.32 Å². The zero-order valence-electron chi connectivity index (χ0n) is 18.3. The van der Waals surface area contributed by atoms with Gasteiger partial charge in [-0.05, 0) is 49.2 Å². The van der Waals surface area contributed by atoms with E-state index in [0.29, 0.717) is 17.9 Å². The van der Waals surface area contributed by atoms with Crippen LogP contribution in [0.1, 0.15) is 22.4 Å². The Bertz CT molecular complexity index is 1490. The molecule has 0 aliphatic rings. The van der Waals surface area contributed by atoms with Crippen molar-refractivity contribution >= 4 is 11.5 Å². The van der Waals surface area contributed by atoms with Gasteiger partial charge < -0.3 is 5.32 Å². The lowest BCUT2D eigenvalue weighted by molar-refractivity contribution is 1.05. The molecule has 0 aliphatic heterocycles. The van der Waals surface area contributed by atoms with Crippen molar-refractivity contribution in [2.45, 2.75) is 20.4 Å². The van der Waals surface area contributed by atoms with Gasteiger partial charge in [-0.2, -0.15) is 5.26 Å². The van der Waals surface area contributed by atoms with Crippen LogP contribution in [0.2, 0.25) is 0 Å². The number of rotatable bonds is 5. The first-order valence-electron chi connectivity index (χ1n) is 10.6. The number of fused-ring (bicyclic) bond motifs is 1. The predicted molar refractivity (Wildman–Crippen MR) is 127 cm³/mol. The largest absolute Gasteiger partial charge is 0.363 e. The third kappa shape index (κ3) is 4.02. The quantitative estimate of drug-likeness (QED) is 0.423. The molecular formula is C26H21N7. The Kier molecular flexibility index (Phi) is 5.25. The minimum atomic E-state index is 0.579. The van der Waals surface area contributed by atoms with Crippen molar-refractivity contribution in [1.29, 1.82) is 5.26 Å². The molecular weight excluding hydrogens is 410 g/mol. The molecule has 5 rings (SSSR count). The highest BCUT2D eigenvalue weighted by Gasteiger charge is 2.11. The Balaban J connectivity index is 1.38. The maximum atomic E-state index is 9.03. The number of imidazole rings is 1. The number of hydrogen-bond acceptors (Lipinski definition) is 6. The summed E-state index contributed by atoms with van der Waals surface area (Å²) in [5.41, 5.74) is 8.47. The van der Waals surface area contributed by atoms with Gasteiger partial charge in [0.15, 0.2) is 11.5 Å². The maximum Gasteiger partial charge on any atom is 0.180 e. The lowest BCUT2D eigenvalue weighted by Gasteiger charge is -2.10. The van der Waals surface area contributed by atoms with Gasteiger partial charge in [-0.1, -0.05) is 18.2 Å². The fourth-order valence-electron chi connectivity index (χ4n) is 3.88. The molecule has 4 heterocycles. The lowest BCUT2D eigenvalue weighted by Crippen LogP contribution is -2.05. The molecule has 33 heavy (non-hydrogen) atoms. The van der Waals surface area contributed by atoms with Crippen LogP contribution >= 0.6 is 0 Å². The van der Waals surface area contributed by atoms with Gasteiger partial charge in [0.2, 0.25) is 0 Å². The fraction of sp³-hybridized carbons (Fsp3) is 0.115. The second-order valence-corrected chi connectivity index (χ2v) is 7.85. The summed E-state index contributed by atoms with van der Waals surface area (Å²) in [6, 6.07) is 15.8. The molecule has 0 spiro atoms. The summed E-state index contributed by atoms with van der Waals surface area (Å²) in [5, 5.41) is 12.4. The number of aromatic nitrogens is 5. The Morgan fingerprint density at radius 3 is 2.52 bits per heavy atom. The van der Waals surface area contributed by atoms with Crippen molar-refractivity contribution in [3.8, 4) is 28.6 Å². The van der Waals surface area contributed by atoms with Crippen LogP contribution in [0, 0.1) is 25.2 Å². The highest BCUT2D eigenvalue weighted by atomic mass is 15.1. The van der Waals surface area contributed by atoms with E-state index in [4.69, 9.17) is 10.2 Å². The number of anilines is 1. The van der Waals surface area contributed by atoms with E-state index >= 15 is 0 Å². The first kappa shape index (κ1) is 20.3. The van der Waals surface area contributed by atoms with Crippen LogP contribution < -0.4 is 5.32 Å². The smallest absolute Gasteiger partial charge is 0.180 e. The van der Waals surface area contributed by atoms with Gasteiger partial charge in [0.25, 0.3) is 0 Å². The number of pyridine rings is 2. The van der Waals surface area contributed by atoms with E-state index in [0.717, 1.165) is 45.0 Å². The zero-order valence-corrected chi connectivity index (χ0v) is 18.3. The normalized spacial score (nSPS) is 10.8. The number of nitrogens with zero attached hydrogens (tertiary/aromatic N) is 6. The topological polar surface area (TPSA) is 91.8 Å². The first-order chi connectivity index (χ1) is 16.1. The molecule has 0 amide bonds. The number of nitrogens with one attached hydrogen (secondary N) is 1. The summed E-state index contributed by atoms with van der Waals surface area (Å²) >= 11 is 0. The molecule has 7 nitrogen and oxygen atoms in total. The van der Waals surface area contributed by atoms with Gasteiger partial charge in [0.1, 0.15) is 0 Å². The van der Waals surface area contributed by atoms with Crippen molar-refractivity contribution in [3.63, 3.8) is 0 Å². The second kappa shape index (κ2) is 8.52. The van der Waals surface area contributed by atoms with Crippen molar-refractivity contribution in [3.05, 3.63) is 95.8 Å². The van der Waals surface area contributed by atoms with Crippen LogP contribution in [0.25, 0.3) is 28.2 Å². The average Bonchev–Trinajstić information content (AvgIpc) is 3.28. The standard InChI is InChI=1S/C26H21N7/c1-17-11-20(14-30-24(17)22-7-8-28-18(2)12-22)15-31-25-26-32-16-23(33(26)10-9-29-25)21-5-3-19(13-27)4-6-21/h3-12,14,16H,15H2,1-2H3,(H,29,31). The first-order valence-corrected chi connectivity index (χ1v) is 10.6. The van der Waals surface area contributed by atoms with Gasteiger partial charge in [-0.25, -0.2) is 9.97 Å². The Hall–Kier alpha value is -4.57. The molecule has 1 N–H and O–H groups in total. The van der Waals surface area contributed by atoms with E-state index in [2.05, 4.69) is 39.3 Å². The summed E-state index contributed by atoms with van der Waals surface area (Å²) in [4.78, 5) is 18.0. The Morgan fingerprint density at radius 1 is 0.909 bits per heavy atom. The zero-order chi connectivity index (χ0) is 22.8. The number of nitriles is 1. The van der Waals surface area contributed by atoms with Crippen LogP contribution in [0.15, 0.2) is 73.4 Å². The highest BCUT2D eigenvalue weighted by molar-refractivity contribution is 5.71. The maximum absolute atomic E-state index is 9.03. The minimum Gasteiger partial charge on any atom is -0.363 e. The predicted octanol–water partition coefficient (Wildman–Crippen LogP) is 4.95. The molecule has 7 heteroatoms. The molecule has 0 atom stereocenters. The van der Waals surface area contributed by atoms with E-state index in [9.17, 15) is 0 Å². The molecule has 0 unspecified atom stereocenters. The van der Waals surface area contributed by atoms with Crippen LogP contribution in [0.3, 0.4) is 0 Å². The molecule has 4 aromatic heterocycles. The molecule has 0 bridgehead atoms. The average molecular weight is 432 g/mol. The summed E-state index contributed by atoms with van der Waals surface area (Å²) < 4.78 is 2.00. The Labute approximate surface area is 191 Å². The van der Waals surface area contributed by atoms with E-state index in [-0.39, 0.29) is 0 Å². The fourth-order valence-corrected chi connectivity index (χ4v) is 3.88. The van der Waals surface area contributed by atoms with Crippen molar-refractivity contribution in [1.82, 2.24) is 24.3 Å². The van der Waals surface area contributed by atoms with Gasteiger partial charge in [0, 0.05) is 48.2 Å². The summed E-state index contributed by atoms with van der Waals surface area (Å²) in [6.07, 6.45) is 9.16. The van der Waals surface area contributed by atoms with Gasteiger partial charge >= 0.3 is 0 Å². The van der Waals surface area contributed by atoms with Crippen molar-refractivity contribution in [2.24, 2.45) is 0 Å². The van der Waals surface area contributed by atoms with Gasteiger partial charge in [-0.15, -0.1) is 0 Å². The molecule has 0 saturated carbocycles. The van der Waals surface area contributed by atoms with E-state index in [1.807, 2.05) is 60.4 Å². The van der Waals surface area contributed by atoms with Crippen LogP contribution in [-0.2, 0) is 6.54 Å². The molecule has 160 valence electrons. The third-order valence-electron chi connectivity index (χ3n) is 5.50. The van der Waals surface area contributed by atoms with Gasteiger partial charge in [-0.3, -0.25) is 14.4 Å². The monoisotopic (exact) mass is 431 g/mol. The lowest BCUT2D eigenvalue weighted by atomic mass is 10.1. The van der Waals surface area contributed by atoms with Crippen LogP contribution in [0.4, 0.5) is 5.82 Å². The van der Waals surface area contributed by atoms with E-state index < -0.39 is 0 Å².